The average molecular weight is 472 g/mol. The van der Waals surface area contributed by atoms with E-state index in [1.165, 1.54) is 12.1 Å². The molecule has 2 aliphatic rings. The van der Waals surface area contributed by atoms with E-state index in [4.69, 9.17) is 4.74 Å². The third-order valence-corrected chi connectivity index (χ3v) is 6.86. The van der Waals surface area contributed by atoms with Gasteiger partial charge in [0.2, 0.25) is 0 Å². The topological polar surface area (TPSA) is 53.5 Å². The lowest BCUT2D eigenvalue weighted by atomic mass is 10.0. The molecule has 3 aromatic rings. The molecule has 6 nitrogen and oxygen atoms in total. The Balaban J connectivity index is 1.45. The molecule has 2 saturated heterocycles. The van der Waals surface area contributed by atoms with Crippen molar-refractivity contribution in [1.29, 1.82) is 0 Å². The number of hydrogen-bond acceptors (Lipinski definition) is 6. The summed E-state index contributed by atoms with van der Waals surface area (Å²) in [5, 5.41) is 13.6. The largest absolute Gasteiger partial charge is 0.378 e. The molecule has 1 unspecified atom stereocenters. The van der Waals surface area contributed by atoms with Gasteiger partial charge in [-0.1, -0.05) is 24.3 Å². The number of ether oxygens (including phenoxy) is 1. The predicted octanol–water partition coefficient (Wildman–Crippen LogP) is 4.71. The summed E-state index contributed by atoms with van der Waals surface area (Å²) >= 11 is 0. The van der Waals surface area contributed by atoms with Crippen molar-refractivity contribution in [3.05, 3.63) is 59.0 Å². The lowest BCUT2D eigenvalue weighted by Crippen LogP contribution is -2.58. The van der Waals surface area contributed by atoms with Gasteiger partial charge in [-0.15, -0.1) is 5.10 Å². The van der Waals surface area contributed by atoms with Gasteiger partial charge >= 0.3 is 0 Å². The van der Waals surface area contributed by atoms with E-state index in [-0.39, 0.29) is 5.56 Å². The Morgan fingerprint density at radius 1 is 1.06 bits per heavy atom. The van der Waals surface area contributed by atoms with Crippen molar-refractivity contribution in [2.75, 3.05) is 49.6 Å². The first kappa shape index (κ1) is 22.9. The maximum absolute atomic E-state index is 14.7. The van der Waals surface area contributed by atoms with Gasteiger partial charge in [0.25, 0.3) is 6.43 Å². The molecule has 3 heterocycles. The number of nitrogens with one attached hydrogen (secondary N) is 1. The molecule has 0 aliphatic carbocycles. The SMILES string of the molecule is Cc1nnc(NC(C)c2cccc(C(F)F)c2F)c2cc(N3CCN4CCOC[C@@H]4C3)ccc12. The fraction of sp³-hybridized carbons (Fsp3) is 0.440. The highest BCUT2D eigenvalue weighted by molar-refractivity contribution is 5.95. The number of halogens is 3. The van der Waals surface area contributed by atoms with E-state index in [2.05, 4.69) is 37.4 Å². The van der Waals surface area contributed by atoms with Crippen LogP contribution in [0.3, 0.4) is 0 Å². The summed E-state index contributed by atoms with van der Waals surface area (Å²) in [6.45, 7) is 8.92. The molecule has 0 radical (unpaired) electrons. The Morgan fingerprint density at radius 3 is 2.71 bits per heavy atom. The molecule has 2 aromatic carbocycles. The molecule has 9 heteroatoms. The van der Waals surface area contributed by atoms with Crippen molar-refractivity contribution >= 4 is 22.3 Å². The van der Waals surface area contributed by atoms with Gasteiger partial charge in [0.15, 0.2) is 5.82 Å². The van der Waals surface area contributed by atoms with Crippen LogP contribution in [0.1, 0.15) is 36.2 Å². The third kappa shape index (κ3) is 4.30. The Bertz CT molecular complexity index is 1190. The molecular formula is C25H28F3N5O. The number of rotatable bonds is 5. The van der Waals surface area contributed by atoms with Gasteiger partial charge in [-0.05, 0) is 26.0 Å². The quantitative estimate of drug-likeness (QED) is 0.582. The first-order valence-corrected chi connectivity index (χ1v) is 11.6. The zero-order valence-electron chi connectivity index (χ0n) is 19.3. The summed E-state index contributed by atoms with van der Waals surface area (Å²) in [5.41, 5.74) is 1.43. The van der Waals surface area contributed by atoms with Crippen LogP contribution in [0.5, 0.6) is 0 Å². The van der Waals surface area contributed by atoms with E-state index in [1.807, 2.05) is 13.0 Å². The van der Waals surface area contributed by atoms with Crippen LogP contribution in [0.2, 0.25) is 0 Å². The molecule has 0 amide bonds. The minimum atomic E-state index is -2.87. The number of aromatic nitrogens is 2. The molecule has 2 aliphatic heterocycles. The lowest BCUT2D eigenvalue weighted by Gasteiger charge is -2.44. The van der Waals surface area contributed by atoms with E-state index in [9.17, 15) is 13.2 Å². The number of fused-ring (bicyclic) bond motifs is 2. The van der Waals surface area contributed by atoms with Crippen molar-refractivity contribution in [3.8, 4) is 0 Å². The molecule has 1 N–H and O–H groups in total. The highest BCUT2D eigenvalue weighted by Gasteiger charge is 2.30. The number of aryl methyl sites for hydroxylation is 1. The monoisotopic (exact) mass is 471 g/mol. The number of nitrogens with zero attached hydrogens (tertiary/aromatic N) is 4. The minimum Gasteiger partial charge on any atom is -0.378 e. The van der Waals surface area contributed by atoms with Crippen molar-refractivity contribution in [3.63, 3.8) is 0 Å². The molecule has 2 atom stereocenters. The van der Waals surface area contributed by atoms with E-state index < -0.39 is 23.8 Å². The van der Waals surface area contributed by atoms with Gasteiger partial charge in [0.05, 0.1) is 36.6 Å². The number of alkyl halides is 2. The van der Waals surface area contributed by atoms with Crippen molar-refractivity contribution in [1.82, 2.24) is 15.1 Å². The van der Waals surface area contributed by atoms with Crippen LogP contribution in [0.15, 0.2) is 36.4 Å². The van der Waals surface area contributed by atoms with E-state index >= 15 is 0 Å². The second kappa shape index (κ2) is 9.38. The Morgan fingerprint density at radius 2 is 1.88 bits per heavy atom. The molecule has 5 rings (SSSR count). The van der Waals surface area contributed by atoms with Gasteiger partial charge in [0, 0.05) is 48.2 Å². The molecule has 0 spiro atoms. The summed E-state index contributed by atoms with van der Waals surface area (Å²) < 4.78 is 46.7. The van der Waals surface area contributed by atoms with Crippen LogP contribution in [-0.4, -0.2) is 60.5 Å². The maximum atomic E-state index is 14.7. The fourth-order valence-corrected chi connectivity index (χ4v) is 4.91. The molecule has 0 saturated carbocycles. The number of anilines is 2. The molecular weight excluding hydrogens is 443 g/mol. The second-order valence-corrected chi connectivity index (χ2v) is 8.99. The Hall–Kier alpha value is -2.91. The first-order valence-electron chi connectivity index (χ1n) is 11.6. The van der Waals surface area contributed by atoms with Gasteiger partial charge in [-0.3, -0.25) is 4.90 Å². The molecule has 2 fully saturated rings. The molecule has 0 bridgehead atoms. The summed E-state index contributed by atoms with van der Waals surface area (Å²) in [4.78, 5) is 4.83. The maximum Gasteiger partial charge on any atom is 0.266 e. The van der Waals surface area contributed by atoms with E-state index in [1.54, 1.807) is 6.92 Å². The summed E-state index contributed by atoms with van der Waals surface area (Å²) in [6.07, 6.45) is -2.87. The zero-order chi connectivity index (χ0) is 23.8. The highest BCUT2D eigenvalue weighted by Crippen LogP contribution is 2.33. The van der Waals surface area contributed by atoms with Crippen molar-refractivity contribution in [2.24, 2.45) is 0 Å². The normalized spacial score (nSPS) is 19.9. The minimum absolute atomic E-state index is 0.165. The van der Waals surface area contributed by atoms with Crippen LogP contribution in [0, 0.1) is 12.7 Å². The predicted molar refractivity (Wildman–Crippen MR) is 126 cm³/mol. The summed E-state index contributed by atoms with van der Waals surface area (Å²) in [5.74, 6) is -0.397. The summed E-state index contributed by atoms with van der Waals surface area (Å²) in [6, 6.07) is 10.1. The van der Waals surface area contributed by atoms with Gasteiger partial charge in [-0.2, -0.15) is 5.10 Å². The zero-order valence-corrected chi connectivity index (χ0v) is 19.3. The molecule has 1 aromatic heterocycles. The lowest BCUT2D eigenvalue weighted by molar-refractivity contribution is -0.0116. The average Bonchev–Trinajstić information content (AvgIpc) is 2.85. The number of piperazine rings is 1. The second-order valence-electron chi connectivity index (χ2n) is 8.99. The highest BCUT2D eigenvalue weighted by atomic mass is 19.3. The van der Waals surface area contributed by atoms with Gasteiger partial charge in [-0.25, -0.2) is 13.2 Å². The Labute approximate surface area is 196 Å². The van der Waals surface area contributed by atoms with Gasteiger partial charge < -0.3 is 15.0 Å². The van der Waals surface area contributed by atoms with Crippen molar-refractivity contribution < 1.29 is 17.9 Å². The fourth-order valence-electron chi connectivity index (χ4n) is 4.91. The van der Waals surface area contributed by atoms with Crippen LogP contribution >= 0.6 is 0 Å². The number of benzene rings is 2. The molecule has 34 heavy (non-hydrogen) atoms. The van der Waals surface area contributed by atoms with Crippen molar-refractivity contribution in [2.45, 2.75) is 32.4 Å². The van der Waals surface area contributed by atoms with Crippen LogP contribution in [-0.2, 0) is 4.74 Å². The summed E-state index contributed by atoms with van der Waals surface area (Å²) in [7, 11) is 0. The Kier molecular flexibility index (Phi) is 6.31. The standard InChI is InChI=1S/C25H28F3N5O/c1-15(20-4-3-5-21(23(20)26)24(27)28)29-25-22-12-17(6-7-19(22)16(2)30-31-25)33-9-8-32-10-11-34-14-18(32)13-33/h3-7,12,15,18,24H,8-11,13-14H2,1-2H3,(H,29,31)/t15?,18-/m0/s1. The van der Waals surface area contributed by atoms with E-state index in [0.717, 1.165) is 67.6 Å². The van der Waals surface area contributed by atoms with Crippen LogP contribution < -0.4 is 10.2 Å². The number of hydrogen-bond donors (Lipinski definition) is 1. The third-order valence-electron chi connectivity index (χ3n) is 6.86. The van der Waals surface area contributed by atoms with Crippen LogP contribution in [0.4, 0.5) is 24.7 Å². The smallest absolute Gasteiger partial charge is 0.266 e. The van der Waals surface area contributed by atoms with Crippen LogP contribution in [0.25, 0.3) is 10.8 Å². The van der Waals surface area contributed by atoms with Gasteiger partial charge in [0.1, 0.15) is 5.82 Å². The molecule has 180 valence electrons. The number of morpholine rings is 1. The van der Waals surface area contributed by atoms with E-state index in [0.29, 0.717) is 11.9 Å². The first-order chi connectivity index (χ1) is 16.4.